The van der Waals surface area contributed by atoms with Gasteiger partial charge in [0.1, 0.15) is 4.83 Å². The largest absolute Gasteiger partial charge is 0.365 e. The number of hydrogen-bond acceptors (Lipinski definition) is 5. The Morgan fingerprint density at radius 3 is 2.57 bits per heavy atom. The third-order valence-electron chi connectivity index (χ3n) is 6.69. The van der Waals surface area contributed by atoms with Crippen LogP contribution in [0.15, 0.2) is 59.7 Å². The molecule has 2 aromatic heterocycles. The number of thiophene rings is 1. The van der Waals surface area contributed by atoms with Gasteiger partial charge in [-0.3, -0.25) is 14.2 Å². The summed E-state index contributed by atoms with van der Waals surface area (Å²) in [5.74, 6) is -0.0297. The van der Waals surface area contributed by atoms with Gasteiger partial charge in [0.2, 0.25) is 0 Å². The van der Waals surface area contributed by atoms with Gasteiger partial charge in [0, 0.05) is 36.4 Å². The Bertz CT molecular complexity index is 1460. The average molecular weight is 507 g/mol. The van der Waals surface area contributed by atoms with Crippen LogP contribution in [0.25, 0.3) is 10.2 Å². The van der Waals surface area contributed by atoms with Crippen molar-refractivity contribution in [2.45, 2.75) is 33.4 Å². The zero-order valence-electron chi connectivity index (χ0n) is 20.0. The monoisotopic (exact) mass is 506 g/mol. The summed E-state index contributed by atoms with van der Waals surface area (Å²) in [5.41, 5.74) is 3.81. The van der Waals surface area contributed by atoms with E-state index in [0.29, 0.717) is 45.3 Å². The van der Waals surface area contributed by atoms with E-state index in [1.165, 1.54) is 22.6 Å². The van der Waals surface area contributed by atoms with Crippen LogP contribution in [-0.2, 0) is 6.54 Å². The van der Waals surface area contributed by atoms with Crippen molar-refractivity contribution in [2.75, 3.05) is 24.5 Å². The maximum atomic E-state index is 13.5. The van der Waals surface area contributed by atoms with E-state index >= 15 is 0 Å². The molecule has 1 amide bonds. The molecule has 1 aliphatic rings. The number of fused-ring (bicyclic) bond motifs is 1. The Morgan fingerprint density at radius 1 is 1.11 bits per heavy atom. The third-order valence-corrected chi connectivity index (χ3v) is 8.25. The second-order valence-electron chi connectivity index (χ2n) is 9.13. The van der Waals surface area contributed by atoms with Crippen molar-refractivity contribution >= 4 is 44.7 Å². The van der Waals surface area contributed by atoms with Gasteiger partial charge in [0.25, 0.3) is 11.5 Å². The van der Waals surface area contributed by atoms with Gasteiger partial charge in [-0.05, 0) is 50.1 Å². The number of benzene rings is 2. The summed E-state index contributed by atoms with van der Waals surface area (Å²) in [6.07, 6.45) is 1.54. The molecule has 5 rings (SSSR count). The molecule has 2 aromatic carbocycles. The molecule has 6 nitrogen and oxygen atoms in total. The summed E-state index contributed by atoms with van der Waals surface area (Å²) in [5, 5.41) is 1.12. The molecular formula is C27H27ClN4O2S. The lowest BCUT2D eigenvalue weighted by molar-refractivity contribution is 0.0730. The number of hydrogen-bond donors (Lipinski definition) is 0. The number of aromatic nitrogens is 2. The smallest absolute Gasteiger partial charge is 0.264 e. The molecule has 35 heavy (non-hydrogen) atoms. The fourth-order valence-corrected chi connectivity index (χ4v) is 5.99. The van der Waals surface area contributed by atoms with Gasteiger partial charge in [-0.1, -0.05) is 47.5 Å². The van der Waals surface area contributed by atoms with Crippen LogP contribution in [0.2, 0.25) is 5.02 Å². The van der Waals surface area contributed by atoms with E-state index in [9.17, 15) is 9.59 Å². The lowest BCUT2D eigenvalue weighted by Gasteiger charge is -2.41. The highest BCUT2D eigenvalue weighted by Crippen LogP contribution is 2.30. The quantitative estimate of drug-likeness (QED) is 0.385. The maximum absolute atomic E-state index is 13.5. The molecule has 1 unspecified atom stereocenters. The van der Waals surface area contributed by atoms with Crippen molar-refractivity contribution in [3.63, 3.8) is 0 Å². The van der Waals surface area contributed by atoms with Crippen LogP contribution in [0.4, 0.5) is 5.69 Å². The first kappa shape index (κ1) is 23.6. The first-order chi connectivity index (χ1) is 16.8. The summed E-state index contributed by atoms with van der Waals surface area (Å²) in [6, 6.07) is 16.2. The summed E-state index contributed by atoms with van der Waals surface area (Å²) in [6.45, 7) is 8.44. The molecule has 0 saturated carbocycles. The SMILES string of the molecule is Cc1ccc(N2CCN(C(=O)c3sc4ncn(Cc5ccccc5Cl)c(=O)c4c3C)CC2C)cc1. The highest BCUT2D eigenvalue weighted by molar-refractivity contribution is 7.20. The van der Waals surface area contributed by atoms with Gasteiger partial charge >= 0.3 is 0 Å². The first-order valence-electron chi connectivity index (χ1n) is 11.7. The fraction of sp³-hybridized carbons (Fsp3) is 0.296. The van der Waals surface area contributed by atoms with Crippen LogP contribution in [0.1, 0.15) is 33.3 Å². The normalized spacial score (nSPS) is 16.2. The summed E-state index contributed by atoms with van der Waals surface area (Å²) in [7, 11) is 0. The number of halogens is 1. The molecule has 0 N–H and O–H groups in total. The van der Waals surface area contributed by atoms with Crippen molar-refractivity contribution in [3.8, 4) is 0 Å². The van der Waals surface area contributed by atoms with E-state index in [1.807, 2.05) is 30.0 Å². The van der Waals surface area contributed by atoms with E-state index in [2.05, 4.69) is 48.0 Å². The Morgan fingerprint density at radius 2 is 1.86 bits per heavy atom. The van der Waals surface area contributed by atoms with Gasteiger partial charge in [0.05, 0.1) is 23.1 Å². The molecular weight excluding hydrogens is 480 g/mol. The molecule has 0 aliphatic carbocycles. The van der Waals surface area contributed by atoms with E-state index in [1.54, 1.807) is 17.0 Å². The predicted octanol–water partition coefficient (Wildman–Crippen LogP) is 5.13. The minimum absolute atomic E-state index is 0.0297. The van der Waals surface area contributed by atoms with Crippen LogP contribution in [0.3, 0.4) is 0 Å². The second kappa shape index (κ2) is 9.47. The number of rotatable bonds is 4. The first-order valence-corrected chi connectivity index (χ1v) is 12.9. The highest BCUT2D eigenvalue weighted by atomic mass is 35.5. The fourth-order valence-electron chi connectivity index (χ4n) is 4.69. The molecule has 180 valence electrons. The molecule has 1 aliphatic heterocycles. The van der Waals surface area contributed by atoms with E-state index < -0.39 is 0 Å². The Hall–Kier alpha value is -3.16. The van der Waals surface area contributed by atoms with Crippen molar-refractivity contribution < 1.29 is 4.79 Å². The molecule has 1 fully saturated rings. The van der Waals surface area contributed by atoms with Crippen LogP contribution >= 0.6 is 22.9 Å². The van der Waals surface area contributed by atoms with Crippen molar-refractivity contribution in [1.82, 2.24) is 14.5 Å². The number of amides is 1. The minimum atomic E-state index is -0.153. The summed E-state index contributed by atoms with van der Waals surface area (Å²) < 4.78 is 1.56. The average Bonchev–Trinajstić information content (AvgIpc) is 3.19. The summed E-state index contributed by atoms with van der Waals surface area (Å²) >= 11 is 7.59. The molecule has 4 aromatic rings. The van der Waals surface area contributed by atoms with Gasteiger partial charge in [-0.25, -0.2) is 4.98 Å². The Kier molecular flexibility index (Phi) is 6.38. The van der Waals surface area contributed by atoms with Gasteiger partial charge in [-0.15, -0.1) is 11.3 Å². The second-order valence-corrected chi connectivity index (χ2v) is 10.5. The Balaban J connectivity index is 1.39. The van der Waals surface area contributed by atoms with Crippen LogP contribution in [0, 0.1) is 13.8 Å². The van der Waals surface area contributed by atoms with E-state index in [4.69, 9.17) is 11.6 Å². The van der Waals surface area contributed by atoms with E-state index in [0.717, 1.165) is 12.1 Å². The molecule has 1 atom stereocenters. The molecule has 3 heterocycles. The zero-order chi connectivity index (χ0) is 24.7. The maximum Gasteiger partial charge on any atom is 0.264 e. The minimum Gasteiger partial charge on any atom is -0.365 e. The number of piperazine rings is 1. The third kappa shape index (κ3) is 4.46. The molecule has 0 spiro atoms. The standard InChI is InChI=1S/C27H27ClN4O2S/c1-17-8-10-21(11-9-17)32-13-12-30(14-18(32)2)27(34)24-19(3)23-25(35-24)29-16-31(26(23)33)15-20-6-4-5-7-22(20)28/h4-11,16,18H,12-15H2,1-3H3. The van der Waals surface area contributed by atoms with Crippen molar-refractivity contribution in [3.05, 3.63) is 91.8 Å². The number of nitrogens with zero attached hydrogens (tertiary/aromatic N) is 4. The van der Waals surface area contributed by atoms with Gasteiger partial charge in [0.15, 0.2) is 0 Å². The topological polar surface area (TPSA) is 58.4 Å². The van der Waals surface area contributed by atoms with Crippen LogP contribution in [0.5, 0.6) is 0 Å². The van der Waals surface area contributed by atoms with Gasteiger partial charge < -0.3 is 9.80 Å². The number of aryl methyl sites for hydroxylation is 2. The Labute approximate surface area is 213 Å². The van der Waals surface area contributed by atoms with Gasteiger partial charge in [-0.2, -0.15) is 0 Å². The zero-order valence-corrected chi connectivity index (χ0v) is 21.6. The van der Waals surface area contributed by atoms with Crippen molar-refractivity contribution in [2.24, 2.45) is 0 Å². The molecule has 0 bridgehead atoms. The summed E-state index contributed by atoms with van der Waals surface area (Å²) in [4.78, 5) is 36.8. The van der Waals surface area contributed by atoms with Crippen LogP contribution in [-0.4, -0.2) is 46.0 Å². The number of anilines is 1. The molecule has 0 radical (unpaired) electrons. The highest BCUT2D eigenvalue weighted by Gasteiger charge is 2.30. The molecule has 8 heteroatoms. The number of carbonyl (C=O) groups excluding carboxylic acids is 1. The van der Waals surface area contributed by atoms with E-state index in [-0.39, 0.29) is 17.5 Å². The lowest BCUT2D eigenvalue weighted by Crippen LogP contribution is -2.53. The van der Waals surface area contributed by atoms with Crippen molar-refractivity contribution in [1.29, 1.82) is 0 Å². The predicted molar refractivity (Wildman–Crippen MR) is 143 cm³/mol. The molecule has 1 saturated heterocycles. The number of carbonyl (C=O) groups is 1. The lowest BCUT2D eigenvalue weighted by atomic mass is 10.1. The van der Waals surface area contributed by atoms with Crippen LogP contribution < -0.4 is 10.5 Å².